The molecule has 106 valence electrons. The van der Waals surface area contributed by atoms with E-state index in [4.69, 9.17) is 11.6 Å². The lowest BCUT2D eigenvalue weighted by molar-refractivity contribution is 0.0698. The number of aromatic nitrogens is 1. The summed E-state index contributed by atoms with van der Waals surface area (Å²) in [5.41, 5.74) is 0.200. The quantitative estimate of drug-likeness (QED) is 0.839. The summed E-state index contributed by atoms with van der Waals surface area (Å²) in [6.07, 6.45) is 0.379. The summed E-state index contributed by atoms with van der Waals surface area (Å²) in [7, 11) is 1.61. The third-order valence-electron chi connectivity index (χ3n) is 2.49. The molecular formula is C13H20ClN3O2. The van der Waals surface area contributed by atoms with Crippen molar-refractivity contribution in [3.05, 3.63) is 22.8 Å². The molecule has 0 fully saturated rings. The average Bonchev–Trinajstić information content (AvgIpc) is 2.36. The molecule has 5 nitrogen and oxygen atoms in total. The van der Waals surface area contributed by atoms with Gasteiger partial charge in [-0.1, -0.05) is 18.5 Å². The first-order valence-electron chi connectivity index (χ1n) is 6.29. The highest BCUT2D eigenvalue weighted by Crippen LogP contribution is 2.18. The first-order valence-corrected chi connectivity index (χ1v) is 6.67. The van der Waals surface area contributed by atoms with Crippen LogP contribution in [0, 0.1) is 0 Å². The van der Waals surface area contributed by atoms with Crippen LogP contribution in [-0.2, 0) is 0 Å². The van der Waals surface area contributed by atoms with Crippen LogP contribution in [0.5, 0.6) is 0 Å². The zero-order valence-electron chi connectivity index (χ0n) is 11.5. The predicted octanol–water partition coefficient (Wildman–Crippen LogP) is 2.01. The highest BCUT2D eigenvalue weighted by molar-refractivity contribution is 6.33. The number of rotatable bonds is 6. The fraction of sp³-hybridized carbons (Fsp3) is 0.538. The van der Waals surface area contributed by atoms with Crippen molar-refractivity contribution < 1.29 is 9.90 Å². The molecule has 0 aromatic carbocycles. The number of carbonyl (C=O) groups is 1. The highest BCUT2D eigenvalue weighted by atomic mass is 35.5. The maximum absolute atomic E-state index is 12.2. The smallest absolute Gasteiger partial charge is 0.273 e. The molecule has 0 radical (unpaired) electrons. The molecular weight excluding hydrogens is 266 g/mol. The van der Waals surface area contributed by atoms with Crippen LogP contribution >= 0.6 is 11.6 Å². The lowest BCUT2D eigenvalue weighted by Gasteiger charge is -2.19. The summed E-state index contributed by atoms with van der Waals surface area (Å²) < 4.78 is 0. The van der Waals surface area contributed by atoms with E-state index in [2.05, 4.69) is 10.3 Å². The van der Waals surface area contributed by atoms with Crippen molar-refractivity contribution in [3.63, 3.8) is 0 Å². The number of pyridine rings is 1. The van der Waals surface area contributed by atoms with Crippen LogP contribution < -0.4 is 5.32 Å². The number of likely N-dealkylation sites (N-methyl/N-ethyl adjacent to an activating group) is 1. The Bertz CT molecular complexity index is 438. The Morgan fingerprint density at radius 3 is 2.84 bits per heavy atom. The molecule has 0 bridgehead atoms. The molecule has 0 aliphatic rings. The molecule has 6 heteroatoms. The van der Waals surface area contributed by atoms with Gasteiger partial charge in [0, 0.05) is 20.1 Å². The van der Waals surface area contributed by atoms with Gasteiger partial charge < -0.3 is 15.3 Å². The first-order chi connectivity index (χ1) is 8.95. The Hall–Kier alpha value is -1.33. The van der Waals surface area contributed by atoms with Crippen molar-refractivity contribution in [3.8, 4) is 0 Å². The van der Waals surface area contributed by atoms with Crippen LogP contribution in [0.4, 0.5) is 5.82 Å². The molecule has 0 saturated carbocycles. The van der Waals surface area contributed by atoms with E-state index in [1.807, 2.05) is 6.92 Å². The Labute approximate surface area is 118 Å². The van der Waals surface area contributed by atoms with Crippen LogP contribution in [0.15, 0.2) is 12.1 Å². The van der Waals surface area contributed by atoms with Gasteiger partial charge in [-0.05, 0) is 25.5 Å². The minimum atomic E-state index is -0.589. The molecule has 1 rings (SSSR count). The predicted molar refractivity (Wildman–Crippen MR) is 76.7 cm³/mol. The van der Waals surface area contributed by atoms with Gasteiger partial charge in [0.25, 0.3) is 5.91 Å². The topological polar surface area (TPSA) is 65.5 Å². The van der Waals surface area contributed by atoms with Crippen LogP contribution in [0.2, 0.25) is 5.02 Å². The summed E-state index contributed by atoms with van der Waals surface area (Å²) in [4.78, 5) is 17.8. The molecule has 0 saturated heterocycles. The largest absolute Gasteiger partial charge is 0.392 e. The van der Waals surface area contributed by atoms with Crippen molar-refractivity contribution >= 4 is 23.3 Å². The van der Waals surface area contributed by atoms with Gasteiger partial charge in [0.2, 0.25) is 0 Å². The minimum absolute atomic E-state index is 0.200. The Balaban J connectivity index is 2.88. The summed E-state index contributed by atoms with van der Waals surface area (Å²) in [6, 6.07) is 3.39. The zero-order valence-corrected chi connectivity index (χ0v) is 12.2. The SMILES string of the molecule is CCCNc1ccc(Cl)c(C(=O)N(C)CC(C)O)n1. The number of anilines is 1. The van der Waals surface area contributed by atoms with Gasteiger partial charge in [0.05, 0.1) is 11.1 Å². The second kappa shape index (κ2) is 7.31. The molecule has 0 spiro atoms. The number of hydrogen-bond acceptors (Lipinski definition) is 4. The summed E-state index contributed by atoms with van der Waals surface area (Å²) in [6.45, 7) is 4.69. The average molecular weight is 286 g/mol. The van der Waals surface area contributed by atoms with Gasteiger partial charge >= 0.3 is 0 Å². The maximum atomic E-state index is 12.2. The van der Waals surface area contributed by atoms with Gasteiger partial charge in [-0.15, -0.1) is 0 Å². The van der Waals surface area contributed by atoms with E-state index in [1.165, 1.54) is 4.90 Å². The Morgan fingerprint density at radius 2 is 2.26 bits per heavy atom. The molecule has 2 N–H and O–H groups in total. The van der Waals surface area contributed by atoms with Gasteiger partial charge in [0.15, 0.2) is 0 Å². The number of aliphatic hydroxyl groups is 1. The second-order valence-corrected chi connectivity index (χ2v) is 4.90. The number of amides is 1. The molecule has 1 unspecified atom stereocenters. The standard InChI is InChI=1S/C13H20ClN3O2/c1-4-7-15-11-6-5-10(14)12(16-11)13(19)17(3)8-9(2)18/h5-6,9,18H,4,7-8H2,1-3H3,(H,15,16). The summed E-state index contributed by atoms with van der Waals surface area (Å²) >= 11 is 6.01. The minimum Gasteiger partial charge on any atom is -0.392 e. The van der Waals surface area contributed by atoms with Crippen molar-refractivity contribution in [2.24, 2.45) is 0 Å². The number of carbonyl (C=O) groups excluding carboxylic acids is 1. The summed E-state index contributed by atoms with van der Waals surface area (Å²) in [5, 5.41) is 12.7. The van der Waals surface area contributed by atoms with E-state index in [9.17, 15) is 9.90 Å². The zero-order chi connectivity index (χ0) is 14.4. The lowest BCUT2D eigenvalue weighted by Crippen LogP contribution is -2.33. The number of aliphatic hydroxyl groups excluding tert-OH is 1. The first kappa shape index (κ1) is 15.7. The van der Waals surface area contributed by atoms with E-state index < -0.39 is 6.10 Å². The van der Waals surface area contributed by atoms with Gasteiger partial charge in [-0.25, -0.2) is 4.98 Å². The van der Waals surface area contributed by atoms with Crippen molar-refractivity contribution in [1.82, 2.24) is 9.88 Å². The number of nitrogens with zero attached hydrogens (tertiary/aromatic N) is 2. The van der Waals surface area contributed by atoms with E-state index in [0.29, 0.717) is 10.8 Å². The van der Waals surface area contributed by atoms with Crippen LogP contribution in [0.3, 0.4) is 0 Å². The second-order valence-electron chi connectivity index (χ2n) is 4.49. The van der Waals surface area contributed by atoms with E-state index in [0.717, 1.165) is 13.0 Å². The Kier molecular flexibility index (Phi) is 6.05. The Morgan fingerprint density at radius 1 is 1.58 bits per heavy atom. The molecule has 0 aliphatic carbocycles. The van der Waals surface area contributed by atoms with Crippen molar-refractivity contribution in [1.29, 1.82) is 0 Å². The third kappa shape index (κ3) is 4.69. The van der Waals surface area contributed by atoms with Crippen LogP contribution in [0.1, 0.15) is 30.8 Å². The van der Waals surface area contributed by atoms with Crippen LogP contribution in [0.25, 0.3) is 0 Å². The van der Waals surface area contributed by atoms with Gasteiger partial charge in [0.1, 0.15) is 11.5 Å². The van der Waals surface area contributed by atoms with Gasteiger partial charge in [-0.3, -0.25) is 4.79 Å². The fourth-order valence-corrected chi connectivity index (χ4v) is 1.79. The van der Waals surface area contributed by atoms with Gasteiger partial charge in [-0.2, -0.15) is 0 Å². The molecule has 0 aliphatic heterocycles. The monoisotopic (exact) mass is 285 g/mol. The molecule has 1 atom stereocenters. The van der Waals surface area contributed by atoms with E-state index in [-0.39, 0.29) is 18.1 Å². The number of hydrogen-bond donors (Lipinski definition) is 2. The lowest BCUT2D eigenvalue weighted by atomic mass is 10.3. The summed E-state index contributed by atoms with van der Waals surface area (Å²) in [5.74, 6) is 0.325. The number of nitrogens with one attached hydrogen (secondary N) is 1. The molecule has 1 aromatic rings. The van der Waals surface area contributed by atoms with Crippen molar-refractivity contribution in [2.75, 3.05) is 25.5 Å². The van der Waals surface area contributed by atoms with Crippen LogP contribution in [-0.4, -0.2) is 47.1 Å². The highest BCUT2D eigenvalue weighted by Gasteiger charge is 2.18. The molecule has 1 aromatic heterocycles. The molecule has 19 heavy (non-hydrogen) atoms. The van der Waals surface area contributed by atoms with E-state index >= 15 is 0 Å². The molecule has 1 amide bonds. The normalized spacial score (nSPS) is 12.1. The van der Waals surface area contributed by atoms with E-state index in [1.54, 1.807) is 26.1 Å². The molecule has 1 heterocycles. The number of halogens is 1. The van der Waals surface area contributed by atoms with Crippen molar-refractivity contribution in [2.45, 2.75) is 26.4 Å². The fourth-order valence-electron chi connectivity index (χ4n) is 1.60. The maximum Gasteiger partial charge on any atom is 0.273 e. The third-order valence-corrected chi connectivity index (χ3v) is 2.79.